The fourth-order valence-corrected chi connectivity index (χ4v) is 1.48. The van der Waals surface area contributed by atoms with Gasteiger partial charge in [-0.2, -0.15) is 0 Å². The highest BCUT2D eigenvalue weighted by atomic mass is 35.5. The molecule has 0 fully saturated rings. The van der Waals surface area contributed by atoms with Crippen LogP contribution in [0.25, 0.3) is 0 Å². The molecule has 2 aromatic rings. The second kappa shape index (κ2) is 4.80. The van der Waals surface area contributed by atoms with E-state index in [1.54, 1.807) is 24.3 Å². The standard InChI is InChI=1S/C11H8ClN3O2/c12-7-2-1-3-8(6-7)15-10-9(11(16)17)13-4-5-14-10/h1-6H,(H,14,15)(H,16,17). The van der Waals surface area contributed by atoms with Crippen LogP contribution in [0.2, 0.25) is 5.02 Å². The zero-order valence-corrected chi connectivity index (χ0v) is 9.35. The summed E-state index contributed by atoms with van der Waals surface area (Å²) in [5.41, 5.74) is 0.521. The first kappa shape index (κ1) is 11.3. The minimum Gasteiger partial charge on any atom is -0.476 e. The molecule has 0 aliphatic rings. The molecule has 86 valence electrons. The van der Waals surface area contributed by atoms with Crippen molar-refractivity contribution >= 4 is 29.1 Å². The van der Waals surface area contributed by atoms with Gasteiger partial charge in [-0.3, -0.25) is 0 Å². The van der Waals surface area contributed by atoms with E-state index in [1.165, 1.54) is 12.4 Å². The Hall–Kier alpha value is -2.14. The molecule has 1 aromatic carbocycles. The van der Waals surface area contributed by atoms with Gasteiger partial charge in [0.05, 0.1) is 0 Å². The first-order valence-corrected chi connectivity index (χ1v) is 5.11. The maximum atomic E-state index is 10.9. The van der Waals surface area contributed by atoms with Gasteiger partial charge >= 0.3 is 5.97 Å². The molecule has 0 radical (unpaired) electrons. The summed E-state index contributed by atoms with van der Waals surface area (Å²) in [5, 5.41) is 12.3. The van der Waals surface area contributed by atoms with Gasteiger partial charge in [-0.15, -0.1) is 0 Å². The molecule has 0 unspecified atom stereocenters. The minimum atomic E-state index is -1.14. The number of hydrogen-bond acceptors (Lipinski definition) is 4. The van der Waals surface area contributed by atoms with Crippen LogP contribution in [0.4, 0.5) is 11.5 Å². The van der Waals surface area contributed by atoms with E-state index >= 15 is 0 Å². The molecule has 0 saturated heterocycles. The molecule has 0 atom stereocenters. The van der Waals surface area contributed by atoms with Crippen molar-refractivity contribution in [1.82, 2.24) is 9.97 Å². The number of carbonyl (C=O) groups is 1. The van der Waals surface area contributed by atoms with E-state index in [2.05, 4.69) is 15.3 Å². The monoisotopic (exact) mass is 249 g/mol. The molecule has 0 amide bonds. The Morgan fingerprint density at radius 2 is 2.06 bits per heavy atom. The van der Waals surface area contributed by atoms with Crippen LogP contribution in [0.1, 0.15) is 10.5 Å². The maximum Gasteiger partial charge on any atom is 0.358 e. The van der Waals surface area contributed by atoms with Crippen molar-refractivity contribution in [2.24, 2.45) is 0 Å². The Morgan fingerprint density at radius 3 is 2.76 bits per heavy atom. The Balaban J connectivity index is 2.33. The highest BCUT2D eigenvalue weighted by Gasteiger charge is 2.12. The van der Waals surface area contributed by atoms with Crippen molar-refractivity contribution in [2.75, 3.05) is 5.32 Å². The van der Waals surface area contributed by atoms with Crippen molar-refractivity contribution in [3.05, 3.63) is 47.4 Å². The number of halogens is 1. The van der Waals surface area contributed by atoms with Crippen LogP contribution in [0.5, 0.6) is 0 Å². The lowest BCUT2D eigenvalue weighted by atomic mass is 10.3. The largest absolute Gasteiger partial charge is 0.476 e. The van der Waals surface area contributed by atoms with Crippen molar-refractivity contribution in [2.45, 2.75) is 0 Å². The van der Waals surface area contributed by atoms with Crippen LogP contribution in [-0.2, 0) is 0 Å². The number of nitrogens with zero attached hydrogens (tertiary/aromatic N) is 2. The Morgan fingerprint density at radius 1 is 1.29 bits per heavy atom. The highest BCUT2D eigenvalue weighted by molar-refractivity contribution is 6.30. The molecule has 0 saturated carbocycles. The van der Waals surface area contributed by atoms with E-state index < -0.39 is 5.97 Å². The molecular formula is C11H8ClN3O2. The Labute approximate surface area is 102 Å². The van der Waals surface area contributed by atoms with E-state index in [-0.39, 0.29) is 11.5 Å². The number of anilines is 2. The average Bonchev–Trinajstić information content (AvgIpc) is 2.29. The smallest absolute Gasteiger partial charge is 0.358 e. The summed E-state index contributed by atoms with van der Waals surface area (Å²) in [5.74, 6) is -0.954. The molecule has 2 N–H and O–H groups in total. The third-order valence-corrected chi connectivity index (χ3v) is 2.22. The number of aromatic carboxylic acids is 1. The van der Waals surface area contributed by atoms with E-state index in [9.17, 15) is 4.79 Å². The number of rotatable bonds is 3. The molecular weight excluding hydrogens is 242 g/mol. The fourth-order valence-electron chi connectivity index (χ4n) is 1.29. The third kappa shape index (κ3) is 2.70. The molecule has 5 nitrogen and oxygen atoms in total. The fraction of sp³-hybridized carbons (Fsp3) is 0. The van der Waals surface area contributed by atoms with Crippen molar-refractivity contribution < 1.29 is 9.90 Å². The average molecular weight is 250 g/mol. The van der Waals surface area contributed by atoms with Gasteiger partial charge in [0.2, 0.25) is 0 Å². The van der Waals surface area contributed by atoms with Crippen molar-refractivity contribution in [3.63, 3.8) is 0 Å². The van der Waals surface area contributed by atoms with E-state index in [1.807, 2.05) is 0 Å². The molecule has 0 spiro atoms. The first-order valence-electron chi connectivity index (χ1n) is 4.74. The van der Waals surface area contributed by atoms with Crippen molar-refractivity contribution in [3.8, 4) is 0 Å². The van der Waals surface area contributed by atoms with Crippen LogP contribution >= 0.6 is 11.6 Å². The number of carboxylic acids is 1. The van der Waals surface area contributed by atoms with Gasteiger partial charge in [0.25, 0.3) is 0 Å². The summed E-state index contributed by atoms with van der Waals surface area (Å²) in [6.07, 6.45) is 2.74. The molecule has 0 aliphatic heterocycles. The zero-order chi connectivity index (χ0) is 12.3. The Kier molecular flexibility index (Phi) is 3.20. The van der Waals surface area contributed by atoms with Crippen molar-refractivity contribution in [1.29, 1.82) is 0 Å². The van der Waals surface area contributed by atoms with Crippen LogP contribution in [0, 0.1) is 0 Å². The van der Waals surface area contributed by atoms with Crippen LogP contribution in [-0.4, -0.2) is 21.0 Å². The SMILES string of the molecule is O=C(O)c1nccnc1Nc1cccc(Cl)c1. The lowest BCUT2D eigenvalue weighted by Gasteiger charge is -2.07. The van der Waals surface area contributed by atoms with Gasteiger partial charge in [-0.25, -0.2) is 14.8 Å². The molecule has 0 bridgehead atoms. The van der Waals surface area contributed by atoms with E-state index in [0.717, 1.165) is 0 Å². The summed E-state index contributed by atoms with van der Waals surface area (Å²) in [6, 6.07) is 6.90. The highest BCUT2D eigenvalue weighted by Crippen LogP contribution is 2.20. The maximum absolute atomic E-state index is 10.9. The minimum absolute atomic E-state index is 0.132. The number of hydrogen-bond donors (Lipinski definition) is 2. The van der Waals surface area contributed by atoms with Gasteiger partial charge in [0.1, 0.15) is 0 Å². The van der Waals surface area contributed by atoms with E-state index in [4.69, 9.17) is 16.7 Å². The predicted octanol–water partition coefficient (Wildman–Crippen LogP) is 2.57. The second-order valence-electron chi connectivity index (χ2n) is 3.19. The summed E-state index contributed by atoms with van der Waals surface area (Å²) < 4.78 is 0. The number of carboxylic acid groups (broad SMARTS) is 1. The second-order valence-corrected chi connectivity index (χ2v) is 3.63. The lowest BCUT2D eigenvalue weighted by Crippen LogP contribution is -2.07. The molecule has 6 heteroatoms. The molecule has 0 aliphatic carbocycles. The lowest BCUT2D eigenvalue weighted by molar-refractivity contribution is 0.0691. The molecule has 17 heavy (non-hydrogen) atoms. The van der Waals surface area contributed by atoms with E-state index in [0.29, 0.717) is 10.7 Å². The third-order valence-electron chi connectivity index (χ3n) is 1.99. The summed E-state index contributed by atoms with van der Waals surface area (Å²) in [6.45, 7) is 0. The van der Waals surface area contributed by atoms with Gasteiger partial charge in [0, 0.05) is 23.1 Å². The molecule has 1 heterocycles. The molecule has 2 rings (SSSR count). The number of nitrogens with one attached hydrogen (secondary N) is 1. The molecule has 1 aromatic heterocycles. The summed E-state index contributed by atoms with van der Waals surface area (Å²) in [4.78, 5) is 18.6. The van der Waals surface area contributed by atoms with Gasteiger partial charge in [-0.1, -0.05) is 17.7 Å². The predicted molar refractivity (Wildman–Crippen MR) is 63.7 cm³/mol. The van der Waals surface area contributed by atoms with Crippen LogP contribution in [0.15, 0.2) is 36.7 Å². The van der Waals surface area contributed by atoms with Gasteiger partial charge < -0.3 is 10.4 Å². The number of benzene rings is 1. The zero-order valence-electron chi connectivity index (χ0n) is 8.59. The van der Waals surface area contributed by atoms with Crippen LogP contribution in [0.3, 0.4) is 0 Å². The Bertz CT molecular complexity index is 560. The quantitative estimate of drug-likeness (QED) is 0.874. The normalized spacial score (nSPS) is 9.94. The van der Waals surface area contributed by atoms with Crippen LogP contribution < -0.4 is 5.32 Å². The summed E-state index contributed by atoms with van der Waals surface area (Å²) >= 11 is 5.82. The van der Waals surface area contributed by atoms with Gasteiger partial charge in [-0.05, 0) is 18.2 Å². The topological polar surface area (TPSA) is 75.1 Å². The summed E-state index contributed by atoms with van der Waals surface area (Å²) in [7, 11) is 0. The van der Waals surface area contributed by atoms with Gasteiger partial charge in [0.15, 0.2) is 11.5 Å². The number of aromatic nitrogens is 2. The first-order chi connectivity index (χ1) is 8.16.